The molecule has 0 aromatic rings. The minimum absolute atomic E-state index is 0.673. The van der Waals surface area contributed by atoms with E-state index in [4.69, 9.17) is 0 Å². The number of aliphatic hydroxyl groups excluding tert-OH is 2. The highest BCUT2D eigenvalue weighted by Crippen LogP contribution is 2.06. The Kier molecular flexibility index (Phi) is 10.3. The van der Waals surface area contributed by atoms with Gasteiger partial charge in [-0.25, -0.2) is 0 Å². The summed E-state index contributed by atoms with van der Waals surface area (Å²) >= 11 is 0. The van der Waals surface area contributed by atoms with E-state index in [0.717, 1.165) is 38.5 Å². The van der Waals surface area contributed by atoms with Crippen LogP contribution in [-0.2, 0) is 0 Å². The molecule has 2 atom stereocenters. The summed E-state index contributed by atoms with van der Waals surface area (Å²) in [5.41, 5.74) is 0. The summed E-state index contributed by atoms with van der Waals surface area (Å²) in [6, 6.07) is 0. The van der Waals surface area contributed by atoms with Crippen molar-refractivity contribution >= 4 is 0 Å². The highest BCUT2D eigenvalue weighted by molar-refractivity contribution is 4.58. The molecular formula is C12H26NO2. The van der Waals surface area contributed by atoms with E-state index in [1.54, 1.807) is 0 Å². The molecule has 0 saturated carbocycles. The van der Waals surface area contributed by atoms with Gasteiger partial charge in [0.2, 0.25) is 0 Å². The fourth-order valence-corrected chi connectivity index (χ4v) is 1.50. The molecule has 2 unspecified atom stereocenters. The summed E-state index contributed by atoms with van der Waals surface area (Å²) in [7, 11) is 0. The summed E-state index contributed by atoms with van der Waals surface area (Å²) in [6.07, 6.45) is 6.53. The van der Waals surface area contributed by atoms with Crippen LogP contribution in [0.3, 0.4) is 0 Å². The van der Waals surface area contributed by atoms with Crippen LogP contribution < -0.4 is 5.32 Å². The maximum atomic E-state index is 9.48. The van der Waals surface area contributed by atoms with Crippen LogP contribution in [0.2, 0.25) is 0 Å². The number of rotatable bonds is 10. The van der Waals surface area contributed by atoms with Crippen LogP contribution in [0, 0.1) is 0 Å². The highest BCUT2D eigenvalue weighted by Gasteiger charge is 2.10. The molecule has 3 heteroatoms. The van der Waals surface area contributed by atoms with E-state index in [1.165, 1.54) is 0 Å². The average molecular weight is 216 g/mol. The maximum Gasteiger partial charge on any atom is 0.123 e. The molecule has 0 aliphatic heterocycles. The van der Waals surface area contributed by atoms with Gasteiger partial charge in [0, 0.05) is 0 Å². The van der Waals surface area contributed by atoms with Gasteiger partial charge in [-0.1, -0.05) is 39.5 Å². The predicted octanol–water partition coefficient (Wildman–Crippen LogP) is 2.39. The quantitative estimate of drug-likeness (QED) is 0.551. The Hall–Kier alpha value is -0.120. The second kappa shape index (κ2) is 10.4. The van der Waals surface area contributed by atoms with Gasteiger partial charge in [-0.05, 0) is 25.7 Å². The Balaban J connectivity index is 3.35. The normalized spacial score (nSPS) is 15.2. The van der Waals surface area contributed by atoms with Crippen LogP contribution in [0.25, 0.3) is 0 Å². The molecule has 0 heterocycles. The minimum Gasteiger partial charge on any atom is -0.377 e. The van der Waals surface area contributed by atoms with Crippen molar-refractivity contribution < 1.29 is 10.2 Å². The first-order valence-corrected chi connectivity index (χ1v) is 6.26. The summed E-state index contributed by atoms with van der Waals surface area (Å²) in [4.78, 5) is 0. The van der Waals surface area contributed by atoms with Gasteiger partial charge in [-0.15, -0.1) is 0 Å². The lowest BCUT2D eigenvalue weighted by molar-refractivity contribution is 0.0260. The molecule has 0 rings (SSSR count). The fourth-order valence-electron chi connectivity index (χ4n) is 1.50. The van der Waals surface area contributed by atoms with Crippen LogP contribution in [0.5, 0.6) is 0 Å². The number of hydrogen-bond donors (Lipinski definition) is 2. The van der Waals surface area contributed by atoms with E-state index in [0.29, 0.717) is 12.8 Å². The van der Waals surface area contributed by atoms with E-state index >= 15 is 0 Å². The van der Waals surface area contributed by atoms with Gasteiger partial charge in [-0.3, -0.25) is 0 Å². The lowest BCUT2D eigenvalue weighted by Crippen LogP contribution is -2.31. The van der Waals surface area contributed by atoms with Crippen molar-refractivity contribution in [1.29, 1.82) is 0 Å². The van der Waals surface area contributed by atoms with Crippen molar-refractivity contribution in [3.8, 4) is 0 Å². The average Bonchev–Trinajstić information content (AvgIpc) is 2.18. The summed E-state index contributed by atoms with van der Waals surface area (Å²) in [5.74, 6) is 0. The van der Waals surface area contributed by atoms with Crippen molar-refractivity contribution in [2.45, 2.75) is 77.7 Å². The molecule has 3 nitrogen and oxygen atoms in total. The molecule has 0 aliphatic carbocycles. The zero-order valence-corrected chi connectivity index (χ0v) is 10.2. The number of nitrogens with zero attached hydrogens (tertiary/aromatic N) is 1. The molecule has 0 fully saturated rings. The van der Waals surface area contributed by atoms with E-state index < -0.39 is 12.5 Å². The molecule has 0 aromatic heterocycles. The third-order valence-corrected chi connectivity index (χ3v) is 2.48. The molecule has 91 valence electrons. The third-order valence-electron chi connectivity index (χ3n) is 2.48. The van der Waals surface area contributed by atoms with Crippen LogP contribution in [0.15, 0.2) is 0 Å². The fraction of sp³-hybridized carbons (Fsp3) is 1.00. The second-order valence-electron chi connectivity index (χ2n) is 4.10. The third kappa shape index (κ3) is 10.2. The lowest BCUT2D eigenvalue weighted by Gasteiger charge is -2.15. The Morgan fingerprint density at radius 3 is 1.53 bits per heavy atom. The van der Waals surface area contributed by atoms with Crippen molar-refractivity contribution in [3.05, 3.63) is 0 Å². The molecule has 0 aliphatic rings. The number of unbranched alkanes of at least 4 members (excludes halogenated alkanes) is 4. The van der Waals surface area contributed by atoms with Crippen molar-refractivity contribution in [2.75, 3.05) is 0 Å². The van der Waals surface area contributed by atoms with E-state index in [9.17, 15) is 10.2 Å². The zero-order chi connectivity index (χ0) is 11.5. The van der Waals surface area contributed by atoms with Gasteiger partial charge in [0.05, 0.1) is 0 Å². The van der Waals surface area contributed by atoms with Crippen LogP contribution >= 0.6 is 0 Å². The molecule has 1 radical (unpaired) electrons. The standard InChI is InChI=1S/C12H26NO2/c1-3-5-7-9-11(14)13-12(15)10-8-6-4-2/h11-12,14-15H,3-10H2,1-2H3. The van der Waals surface area contributed by atoms with Gasteiger partial charge >= 0.3 is 0 Å². The second-order valence-corrected chi connectivity index (χ2v) is 4.10. The van der Waals surface area contributed by atoms with Crippen LogP contribution in [-0.4, -0.2) is 22.7 Å². The number of hydrogen-bond acceptors (Lipinski definition) is 2. The van der Waals surface area contributed by atoms with Gasteiger partial charge in [0.15, 0.2) is 0 Å². The Labute approximate surface area is 93.9 Å². The molecule has 0 amide bonds. The predicted molar refractivity (Wildman–Crippen MR) is 62.4 cm³/mol. The molecule has 0 saturated heterocycles. The van der Waals surface area contributed by atoms with Crippen molar-refractivity contribution in [2.24, 2.45) is 0 Å². The van der Waals surface area contributed by atoms with E-state index in [2.05, 4.69) is 19.2 Å². The SMILES string of the molecule is CCCCCC(O)[N]C(O)CCCCC. The molecular weight excluding hydrogens is 190 g/mol. The molecule has 0 bridgehead atoms. The maximum absolute atomic E-state index is 9.48. The highest BCUT2D eigenvalue weighted by atomic mass is 16.3. The van der Waals surface area contributed by atoms with Crippen LogP contribution in [0.1, 0.15) is 65.2 Å². The molecule has 15 heavy (non-hydrogen) atoms. The number of aliphatic hydroxyl groups is 2. The summed E-state index contributed by atoms with van der Waals surface area (Å²) < 4.78 is 0. The van der Waals surface area contributed by atoms with Crippen molar-refractivity contribution in [3.63, 3.8) is 0 Å². The Bertz CT molecular complexity index is 117. The first kappa shape index (κ1) is 14.9. The Morgan fingerprint density at radius 2 is 1.20 bits per heavy atom. The lowest BCUT2D eigenvalue weighted by atomic mass is 10.1. The van der Waals surface area contributed by atoms with Crippen LogP contribution in [0.4, 0.5) is 0 Å². The molecule has 0 aromatic carbocycles. The van der Waals surface area contributed by atoms with Gasteiger partial charge in [0.25, 0.3) is 0 Å². The monoisotopic (exact) mass is 216 g/mol. The zero-order valence-electron chi connectivity index (χ0n) is 10.2. The van der Waals surface area contributed by atoms with Gasteiger partial charge < -0.3 is 10.2 Å². The first-order chi connectivity index (χ1) is 7.20. The van der Waals surface area contributed by atoms with Gasteiger partial charge in [0.1, 0.15) is 12.5 Å². The van der Waals surface area contributed by atoms with Crippen molar-refractivity contribution in [1.82, 2.24) is 5.32 Å². The molecule has 0 spiro atoms. The molecule has 2 N–H and O–H groups in total. The topological polar surface area (TPSA) is 54.6 Å². The van der Waals surface area contributed by atoms with E-state index in [-0.39, 0.29) is 0 Å². The minimum atomic E-state index is -0.673. The first-order valence-electron chi connectivity index (χ1n) is 6.26. The largest absolute Gasteiger partial charge is 0.377 e. The van der Waals surface area contributed by atoms with Gasteiger partial charge in [-0.2, -0.15) is 5.32 Å². The van der Waals surface area contributed by atoms with E-state index in [1.807, 2.05) is 0 Å². The summed E-state index contributed by atoms with van der Waals surface area (Å²) in [6.45, 7) is 4.26. The Morgan fingerprint density at radius 1 is 0.800 bits per heavy atom. The summed E-state index contributed by atoms with van der Waals surface area (Å²) in [5, 5.41) is 22.9. The smallest absolute Gasteiger partial charge is 0.123 e.